The van der Waals surface area contributed by atoms with Gasteiger partial charge in [0.15, 0.2) is 0 Å². The fourth-order valence-electron chi connectivity index (χ4n) is 1.55. The lowest BCUT2D eigenvalue weighted by molar-refractivity contribution is 0.486. The van der Waals surface area contributed by atoms with Crippen LogP contribution in [-0.2, 0) is 6.42 Å². The third-order valence-electron chi connectivity index (χ3n) is 2.70. The van der Waals surface area contributed by atoms with Crippen LogP contribution in [0.3, 0.4) is 0 Å². The molecule has 1 aromatic rings. The van der Waals surface area contributed by atoms with E-state index >= 15 is 0 Å². The smallest absolute Gasteiger partial charge is 0.0666 e. The van der Waals surface area contributed by atoms with Crippen molar-refractivity contribution in [3.8, 4) is 6.07 Å². The predicted octanol–water partition coefficient (Wildman–Crippen LogP) is 2.76. The van der Waals surface area contributed by atoms with Crippen molar-refractivity contribution in [3.63, 3.8) is 0 Å². The zero-order valence-corrected chi connectivity index (χ0v) is 10.1. The second kappa shape index (κ2) is 7.03. The van der Waals surface area contributed by atoms with Crippen LogP contribution < -0.4 is 5.32 Å². The highest BCUT2D eigenvalue weighted by Crippen LogP contribution is 2.04. The van der Waals surface area contributed by atoms with E-state index in [1.54, 1.807) is 0 Å². The van der Waals surface area contributed by atoms with Gasteiger partial charge in [0.05, 0.1) is 12.0 Å². The molecule has 0 radical (unpaired) electrons. The molecule has 0 aliphatic heterocycles. The van der Waals surface area contributed by atoms with Crippen LogP contribution in [0.4, 0.5) is 0 Å². The molecule has 86 valence electrons. The molecule has 0 aliphatic carbocycles. The largest absolute Gasteiger partial charge is 0.313 e. The van der Waals surface area contributed by atoms with Crippen molar-refractivity contribution in [1.82, 2.24) is 5.32 Å². The molecule has 2 nitrogen and oxygen atoms in total. The summed E-state index contributed by atoms with van der Waals surface area (Å²) in [5.41, 5.74) is 1.38. The van der Waals surface area contributed by atoms with Gasteiger partial charge in [0.25, 0.3) is 0 Å². The molecule has 2 unspecified atom stereocenters. The zero-order chi connectivity index (χ0) is 11.8. The molecule has 1 rings (SSSR count). The third-order valence-corrected chi connectivity index (χ3v) is 2.70. The topological polar surface area (TPSA) is 35.8 Å². The van der Waals surface area contributed by atoms with E-state index < -0.39 is 0 Å². The molecule has 0 saturated carbocycles. The lowest BCUT2D eigenvalue weighted by Gasteiger charge is -2.14. The Morgan fingerprint density at radius 1 is 1.25 bits per heavy atom. The van der Waals surface area contributed by atoms with E-state index in [0.29, 0.717) is 6.04 Å². The van der Waals surface area contributed by atoms with Crippen molar-refractivity contribution in [3.05, 3.63) is 35.9 Å². The fourth-order valence-corrected chi connectivity index (χ4v) is 1.55. The van der Waals surface area contributed by atoms with Crippen molar-refractivity contribution in [1.29, 1.82) is 5.26 Å². The number of rotatable bonds is 6. The van der Waals surface area contributed by atoms with Crippen LogP contribution in [0.1, 0.15) is 25.8 Å². The van der Waals surface area contributed by atoms with Crippen molar-refractivity contribution in [2.24, 2.45) is 5.92 Å². The normalized spacial score (nSPS) is 14.1. The average Bonchev–Trinajstić information content (AvgIpc) is 2.34. The Hall–Kier alpha value is -1.33. The Balaban J connectivity index is 2.21. The SMILES string of the molecule is CC(C#N)CNC(C)CCc1ccccc1. The van der Waals surface area contributed by atoms with Crippen LogP contribution in [0, 0.1) is 17.2 Å². The van der Waals surface area contributed by atoms with Gasteiger partial charge >= 0.3 is 0 Å². The Morgan fingerprint density at radius 2 is 1.94 bits per heavy atom. The van der Waals surface area contributed by atoms with E-state index in [0.717, 1.165) is 19.4 Å². The molecule has 0 fully saturated rings. The third kappa shape index (κ3) is 4.95. The number of nitriles is 1. The van der Waals surface area contributed by atoms with E-state index in [1.165, 1.54) is 5.56 Å². The summed E-state index contributed by atoms with van der Waals surface area (Å²) < 4.78 is 0. The number of benzene rings is 1. The molecule has 0 aliphatic rings. The van der Waals surface area contributed by atoms with Gasteiger partial charge in [-0.1, -0.05) is 30.3 Å². The second-order valence-electron chi connectivity index (χ2n) is 4.36. The van der Waals surface area contributed by atoms with E-state index in [-0.39, 0.29) is 5.92 Å². The van der Waals surface area contributed by atoms with Crippen LogP contribution in [0.15, 0.2) is 30.3 Å². The first-order valence-corrected chi connectivity index (χ1v) is 5.89. The molecular weight excluding hydrogens is 196 g/mol. The van der Waals surface area contributed by atoms with E-state index in [2.05, 4.69) is 42.6 Å². The lowest BCUT2D eigenvalue weighted by Crippen LogP contribution is -2.30. The van der Waals surface area contributed by atoms with Gasteiger partial charge < -0.3 is 5.32 Å². The summed E-state index contributed by atoms with van der Waals surface area (Å²) in [6.07, 6.45) is 2.21. The summed E-state index contributed by atoms with van der Waals surface area (Å²) in [4.78, 5) is 0. The van der Waals surface area contributed by atoms with Gasteiger partial charge in [0, 0.05) is 12.6 Å². The average molecular weight is 216 g/mol. The van der Waals surface area contributed by atoms with Gasteiger partial charge in [-0.15, -0.1) is 0 Å². The van der Waals surface area contributed by atoms with Gasteiger partial charge in [0.2, 0.25) is 0 Å². The first-order valence-electron chi connectivity index (χ1n) is 5.89. The Bertz CT molecular complexity index is 326. The Kier molecular flexibility index (Phi) is 5.60. The first-order chi connectivity index (χ1) is 7.72. The molecule has 0 bridgehead atoms. The molecule has 0 heterocycles. The maximum Gasteiger partial charge on any atom is 0.0666 e. The minimum Gasteiger partial charge on any atom is -0.313 e. The number of nitrogens with one attached hydrogen (secondary N) is 1. The van der Waals surface area contributed by atoms with Crippen molar-refractivity contribution < 1.29 is 0 Å². The van der Waals surface area contributed by atoms with Crippen LogP contribution in [0.25, 0.3) is 0 Å². The highest BCUT2D eigenvalue weighted by atomic mass is 14.9. The van der Waals surface area contributed by atoms with E-state index in [1.807, 2.05) is 13.0 Å². The summed E-state index contributed by atoms with van der Waals surface area (Å²) in [5, 5.41) is 12.0. The molecule has 0 saturated heterocycles. The van der Waals surface area contributed by atoms with Crippen LogP contribution >= 0.6 is 0 Å². The minimum absolute atomic E-state index is 0.0965. The molecule has 0 aromatic heterocycles. The number of hydrogen-bond donors (Lipinski definition) is 1. The highest BCUT2D eigenvalue weighted by Gasteiger charge is 2.04. The van der Waals surface area contributed by atoms with Gasteiger partial charge in [-0.2, -0.15) is 5.26 Å². The minimum atomic E-state index is 0.0965. The second-order valence-corrected chi connectivity index (χ2v) is 4.36. The Labute approximate surface area is 98.3 Å². The molecule has 2 heteroatoms. The molecule has 1 aromatic carbocycles. The molecule has 0 amide bonds. The van der Waals surface area contributed by atoms with E-state index in [9.17, 15) is 0 Å². The Morgan fingerprint density at radius 3 is 2.56 bits per heavy atom. The van der Waals surface area contributed by atoms with Gasteiger partial charge in [-0.05, 0) is 32.3 Å². The van der Waals surface area contributed by atoms with Gasteiger partial charge in [-0.3, -0.25) is 0 Å². The maximum absolute atomic E-state index is 8.67. The summed E-state index contributed by atoms with van der Waals surface area (Å²) in [6.45, 7) is 4.90. The first kappa shape index (κ1) is 12.7. The van der Waals surface area contributed by atoms with Gasteiger partial charge in [0.1, 0.15) is 0 Å². The monoisotopic (exact) mass is 216 g/mol. The van der Waals surface area contributed by atoms with E-state index in [4.69, 9.17) is 5.26 Å². The number of aryl methyl sites for hydroxylation is 1. The fraction of sp³-hybridized carbons (Fsp3) is 0.500. The van der Waals surface area contributed by atoms with Crippen LogP contribution in [0.5, 0.6) is 0 Å². The van der Waals surface area contributed by atoms with Crippen LogP contribution in [-0.4, -0.2) is 12.6 Å². The molecule has 2 atom stereocenters. The molecule has 16 heavy (non-hydrogen) atoms. The summed E-state index contributed by atoms with van der Waals surface area (Å²) in [5.74, 6) is 0.0965. The summed E-state index contributed by atoms with van der Waals surface area (Å²) in [6, 6.07) is 13.2. The van der Waals surface area contributed by atoms with Crippen molar-refractivity contribution in [2.45, 2.75) is 32.7 Å². The summed E-state index contributed by atoms with van der Waals surface area (Å²) >= 11 is 0. The maximum atomic E-state index is 8.67. The quantitative estimate of drug-likeness (QED) is 0.793. The van der Waals surface area contributed by atoms with Crippen molar-refractivity contribution in [2.75, 3.05) is 6.54 Å². The molecule has 1 N–H and O–H groups in total. The van der Waals surface area contributed by atoms with Crippen LogP contribution in [0.2, 0.25) is 0 Å². The van der Waals surface area contributed by atoms with Crippen molar-refractivity contribution >= 4 is 0 Å². The van der Waals surface area contributed by atoms with Gasteiger partial charge in [-0.25, -0.2) is 0 Å². The molecular formula is C14H20N2. The lowest BCUT2D eigenvalue weighted by atomic mass is 10.1. The molecule has 0 spiro atoms. The number of nitrogens with zero attached hydrogens (tertiary/aromatic N) is 1. The summed E-state index contributed by atoms with van der Waals surface area (Å²) in [7, 11) is 0. The predicted molar refractivity (Wildman–Crippen MR) is 67.0 cm³/mol. The standard InChI is InChI=1S/C14H20N2/c1-12(10-15)11-16-13(2)8-9-14-6-4-3-5-7-14/h3-7,12-13,16H,8-9,11H2,1-2H3. The number of hydrogen-bond acceptors (Lipinski definition) is 2. The highest BCUT2D eigenvalue weighted by molar-refractivity contribution is 5.14. The zero-order valence-electron chi connectivity index (χ0n) is 10.1.